The van der Waals surface area contributed by atoms with Gasteiger partial charge in [0.2, 0.25) is 10.0 Å². The number of carbonyl (C=O) groups excluding carboxylic acids is 1. The highest BCUT2D eigenvalue weighted by molar-refractivity contribution is 7.89. The van der Waals surface area contributed by atoms with Gasteiger partial charge in [0.25, 0.3) is 5.91 Å². The molecule has 8 heteroatoms. The number of hydrogen-bond acceptors (Lipinski definition) is 4. The molecule has 1 aliphatic heterocycles. The molecule has 3 aromatic rings. The summed E-state index contributed by atoms with van der Waals surface area (Å²) in [7, 11) is -3.52. The minimum absolute atomic E-state index is 0.132. The van der Waals surface area contributed by atoms with E-state index in [-0.39, 0.29) is 5.91 Å². The predicted molar refractivity (Wildman–Crippen MR) is 128 cm³/mol. The molecule has 0 atom stereocenters. The van der Waals surface area contributed by atoms with Crippen LogP contribution in [0.4, 0.5) is 0 Å². The number of nitrogens with zero attached hydrogens (tertiary/aromatic N) is 3. The Kier molecular flexibility index (Phi) is 6.67. The van der Waals surface area contributed by atoms with Crippen molar-refractivity contribution in [1.82, 2.24) is 19.4 Å². The molecule has 1 amide bonds. The second-order valence-electron chi connectivity index (χ2n) is 8.63. The highest BCUT2D eigenvalue weighted by Gasteiger charge is 2.32. The van der Waals surface area contributed by atoms with Crippen molar-refractivity contribution in [3.05, 3.63) is 82.2 Å². The van der Waals surface area contributed by atoms with Crippen LogP contribution in [0.1, 0.15) is 51.3 Å². The summed E-state index contributed by atoms with van der Waals surface area (Å²) < 4.78 is 29.4. The summed E-state index contributed by atoms with van der Waals surface area (Å²) in [5.41, 5.74) is 4.92. The number of benzene rings is 2. The monoisotopic (exact) mass is 466 g/mol. The zero-order chi connectivity index (χ0) is 23.6. The van der Waals surface area contributed by atoms with Crippen LogP contribution in [0.5, 0.6) is 0 Å². The quantitative estimate of drug-likeness (QED) is 0.577. The maximum absolute atomic E-state index is 13.1. The number of amides is 1. The van der Waals surface area contributed by atoms with Gasteiger partial charge in [-0.2, -0.15) is 9.40 Å². The number of nitrogens with one attached hydrogen (secondary N) is 1. The van der Waals surface area contributed by atoms with Crippen LogP contribution in [0.2, 0.25) is 0 Å². The van der Waals surface area contributed by atoms with Gasteiger partial charge in [0, 0.05) is 25.2 Å². The molecule has 2 aromatic carbocycles. The summed E-state index contributed by atoms with van der Waals surface area (Å²) in [5.74, 6) is -0.132. The third kappa shape index (κ3) is 5.02. The smallest absolute Gasteiger partial charge is 0.251 e. The molecule has 1 aromatic heterocycles. The van der Waals surface area contributed by atoms with Gasteiger partial charge in [-0.3, -0.25) is 9.48 Å². The molecule has 4 rings (SSSR count). The fraction of sp³-hybridized carbons (Fsp3) is 0.360. The summed E-state index contributed by atoms with van der Waals surface area (Å²) in [6, 6.07) is 15.4. The lowest BCUT2D eigenvalue weighted by molar-refractivity contribution is 0.0951. The van der Waals surface area contributed by atoms with E-state index in [1.165, 1.54) is 5.56 Å². The third-order valence-electron chi connectivity index (χ3n) is 6.10. The average Bonchev–Trinajstić information content (AvgIpc) is 3.43. The van der Waals surface area contributed by atoms with Gasteiger partial charge >= 0.3 is 0 Å². The first-order chi connectivity index (χ1) is 15.8. The lowest BCUT2D eigenvalue weighted by Crippen LogP contribution is -2.28. The van der Waals surface area contributed by atoms with Crippen LogP contribution in [-0.2, 0) is 23.1 Å². The number of aryl methyl sites for hydroxylation is 2. The Balaban J connectivity index is 1.44. The van der Waals surface area contributed by atoms with E-state index in [1.807, 2.05) is 43.3 Å². The van der Waals surface area contributed by atoms with E-state index in [0.717, 1.165) is 24.0 Å². The molecule has 1 N–H and O–H groups in total. The van der Waals surface area contributed by atoms with Crippen molar-refractivity contribution >= 4 is 15.9 Å². The van der Waals surface area contributed by atoms with E-state index < -0.39 is 10.0 Å². The first kappa shape index (κ1) is 23.2. The summed E-state index contributed by atoms with van der Waals surface area (Å²) in [6.07, 6.45) is 1.80. The Morgan fingerprint density at radius 1 is 0.939 bits per heavy atom. The molecule has 0 bridgehead atoms. The van der Waals surface area contributed by atoms with Crippen molar-refractivity contribution in [3.63, 3.8) is 0 Å². The minimum Gasteiger partial charge on any atom is -0.348 e. The zero-order valence-electron chi connectivity index (χ0n) is 19.3. The lowest BCUT2D eigenvalue weighted by atomic mass is 10.1. The Labute approximate surface area is 195 Å². The first-order valence-corrected chi connectivity index (χ1v) is 12.7. The lowest BCUT2D eigenvalue weighted by Gasteiger charge is -2.15. The summed E-state index contributed by atoms with van der Waals surface area (Å²) in [4.78, 5) is 12.8. The fourth-order valence-corrected chi connectivity index (χ4v) is 6.08. The van der Waals surface area contributed by atoms with Crippen molar-refractivity contribution in [1.29, 1.82) is 0 Å². The first-order valence-electron chi connectivity index (χ1n) is 11.2. The van der Waals surface area contributed by atoms with E-state index in [1.54, 1.807) is 35.0 Å². The number of carbonyl (C=O) groups is 1. The third-order valence-corrected chi connectivity index (χ3v) is 8.25. The van der Waals surface area contributed by atoms with Gasteiger partial charge in [-0.1, -0.05) is 42.0 Å². The Morgan fingerprint density at radius 3 is 2.18 bits per heavy atom. The van der Waals surface area contributed by atoms with Crippen LogP contribution in [0.15, 0.2) is 53.4 Å². The molecule has 1 fully saturated rings. The van der Waals surface area contributed by atoms with Gasteiger partial charge in [0.15, 0.2) is 0 Å². The summed E-state index contributed by atoms with van der Waals surface area (Å²) in [6.45, 7) is 7.63. The molecule has 33 heavy (non-hydrogen) atoms. The molecule has 0 spiro atoms. The van der Waals surface area contributed by atoms with Gasteiger partial charge in [0.05, 0.1) is 17.9 Å². The van der Waals surface area contributed by atoms with Crippen LogP contribution in [0.25, 0.3) is 0 Å². The van der Waals surface area contributed by atoms with Gasteiger partial charge in [-0.05, 0) is 56.9 Å². The average molecular weight is 467 g/mol. The van der Waals surface area contributed by atoms with Gasteiger partial charge < -0.3 is 5.32 Å². The molecule has 2 heterocycles. The van der Waals surface area contributed by atoms with E-state index in [4.69, 9.17) is 0 Å². The van der Waals surface area contributed by atoms with Crippen LogP contribution in [0.3, 0.4) is 0 Å². The number of sulfonamides is 1. The van der Waals surface area contributed by atoms with Gasteiger partial charge in [-0.15, -0.1) is 0 Å². The zero-order valence-corrected chi connectivity index (χ0v) is 20.2. The SMILES string of the molecule is Cc1ccc(CNC(=O)c2ccc(Cn3nc(C)c(S(=O)(=O)N4CCCC4)c3C)cc2)cc1. The van der Waals surface area contributed by atoms with Crippen LogP contribution >= 0.6 is 0 Å². The fourth-order valence-electron chi connectivity index (χ4n) is 4.19. The summed E-state index contributed by atoms with van der Waals surface area (Å²) >= 11 is 0. The largest absolute Gasteiger partial charge is 0.348 e. The van der Waals surface area contributed by atoms with Crippen LogP contribution in [0, 0.1) is 20.8 Å². The van der Waals surface area contributed by atoms with Crippen molar-refractivity contribution in [2.45, 2.75) is 51.6 Å². The molecule has 0 unspecified atom stereocenters. The summed E-state index contributed by atoms with van der Waals surface area (Å²) in [5, 5.41) is 7.44. The Bertz CT molecular complexity index is 1240. The molecule has 0 radical (unpaired) electrons. The van der Waals surface area contributed by atoms with E-state index in [2.05, 4.69) is 10.4 Å². The Hall–Kier alpha value is -2.97. The van der Waals surface area contributed by atoms with Crippen molar-refractivity contribution in [2.75, 3.05) is 13.1 Å². The second kappa shape index (κ2) is 9.49. The minimum atomic E-state index is -3.52. The topological polar surface area (TPSA) is 84.3 Å². The highest BCUT2D eigenvalue weighted by atomic mass is 32.2. The molecule has 7 nitrogen and oxygen atoms in total. The predicted octanol–water partition coefficient (Wildman–Crippen LogP) is 3.57. The molecule has 0 saturated carbocycles. The van der Waals surface area contributed by atoms with E-state index in [9.17, 15) is 13.2 Å². The number of aromatic nitrogens is 2. The molecule has 1 saturated heterocycles. The van der Waals surface area contributed by atoms with Crippen molar-refractivity contribution in [2.24, 2.45) is 0 Å². The maximum Gasteiger partial charge on any atom is 0.251 e. The standard InChI is InChI=1S/C25H30N4O3S/c1-18-6-8-21(9-7-18)16-26-25(30)23-12-10-22(11-13-23)17-29-20(3)24(19(2)27-29)33(31,32)28-14-4-5-15-28/h6-13H,4-5,14-17H2,1-3H3,(H,26,30). The van der Waals surface area contributed by atoms with Crippen molar-refractivity contribution in [3.8, 4) is 0 Å². The second-order valence-corrected chi connectivity index (χ2v) is 10.5. The molecule has 1 aliphatic rings. The molecular formula is C25H30N4O3S. The highest BCUT2D eigenvalue weighted by Crippen LogP contribution is 2.26. The van der Waals surface area contributed by atoms with Crippen LogP contribution in [-0.4, -0.2) is 41.5 Å². The molecule has 0 aliphatic carbocycles. The van der Waals surface area contributed by atoms with Gasteiger partial charge in [0.1, 0.15) is 4.90 Å². The number of hydrogen-bond donors (Lipinski definition) is 1. The molecule has 174 valence electrons. The molecular weight excluding hydrogens is 436 g/mol. The maximum atomic E-state index is 13.1. The van der Waals surface area contributed by atoms with Gasteiger partial charge in [-0.25, -0.2) is 8.42 Å². The normalized spacial score (nSPS) is 14.5. The van der Waals surface area contributed by atoms with E-state index >= 15 is 0 Å². The van der Waals surface area contributed by atoms with Crippen LogP contribution < -0.4 is 5.32 Å². The Morgan fingerprint density at radius 2 is 1.55 bits per heavy atom. The van der Waals surface area contributed by atoms with Crippen molar-refractivity contribution < 1.29 is 13.2 Å². The number of rotatable bonds is 7. The van der Waals surface area contributed by atoms with E-state index in [0.29, 0.717) is 48.0 Å².